The van der Waals surface area contributed by atoms with Crippen molar-refractivity contribution >= 4 is 5.91 Å². The van der Waals surface area contributed by atoms with Crippen LogP contribution in [0.4, 0.5) is 0 Å². The Labute approximate surface area is 151 Å². The van der Waals surface area contributed by atoms with E-state index in [0.717, 1.165) is 11.3 Å². The van der Waals surface area contributed by atoms with Gasteiger partial charge in [0.25, 0.3) is 5.91 Å². The zero-order chi connectivity index (χ0) is 17.9. The lowest BCUT2D eigenvalue weighted by molar-refractivity contribution is 0.0938. The molecule has 0 spiro atoms. The maximum Gasteiger partial charge on any atom is 0.251 e. The average molecular weight is 349 g/mol. The molecule has 132 valence electrons. The number of imidazole rings is 1. The Morgan fingerprint density at radius 1 is 1.12 bits per heavy atom. The van der Waals surface area contributed by atoms with Crippen LogP contribution in [0.15, 0.2) is 61.2 Å². The number of hydrogen-bond acceptors (Lipinski definition) is 4. The first-order valence-corrected chi connectivity index (χ1v) is 8.49. The highest BCUT2D eigenvalue weighted by atomic mass is 16.6. The molecule has 4 rings (SSSR count). The molecule has 1 N–H and O–H groups in total. The number of carbonyl (C=O) groups is 1. The first-order valence-electron chi connectivity index (χ1n) is 8.49. The molecule has 1 atom stereocenters. The molecule has 0 bridgehead atoms. The van der Waals surface area contributed by atoms with Crippen LogP contribution in [0.25, 0.3) is 5.69 Å². The molecule has 0 fully saturated rings. The fourth-order valence-corrected chi connectivity index (χ4v) is 2.89. The molecule has 2 aromatic carbocycles. The van der Waals surface area contributed by atoms with Crippen LogP contribution in [0.3, 0.4) is 0 Å². The van der Waals surface area contributed by atoms with E-state index in [0.29, 0.717) is 30.3 Å². The summed E-state index contributed by atoms with van der Waals surface area (Å²) in [6, 6.07) is 13.1. The SMILES string of the molecule is C[C@H](NC(=O)c1ccc2c(c1)OCCO2)c1ccc(-n2ccnc2)cc1. The third-order valence-corrected chi connectivity index (χ3v) is 4.35. The lowest BCUT2D eigenvalue weighted by Gasteiger charge is -2.19. The molecule has 0 radical (unpaired) electrons. The monoisotopic (exact) mass is 349 g/mol. The topological polar surface area (TPSA) is 65.4 Å². The van der Waals surface area contributed by atoms with Gasteiger partial charge in [0.15, 0.2) is 11.5 Å². The zero-order valence-corrected chi connectivity index (χ0v) is 14.4. The fraction of sp³-hybridized carbons (Fsp3) is 0.200. The molecule has 1 amide bonds. The van der Waals surface area contributed by atoms with Crippen molar-refractivity contribution in [2.45, 2.75) is 13.0 Å². The van der Waals surface area contributed by atoms with Crippen molar-refractivity contribution in [2.75, 3.05) is 13.2 Å². The van der Waals surface area contributed by atoms with Gasteiger partial charge in [-0.3, -0.25) is 4.79 Å². The minimum Gasteiger partial charge on any atom is -0.486 e. The van der Waals surface area contributed by atoms with Crippen LogP contribution < -0.4 is 14.8 Å². The van der Waals surface area contributed by atoms with Crippen LogP contribution >= 0.6 is 0 Å². The quantitative estimate of drug-likeness (QED) is 0.786. The number of carbonyl (C=O) groups excluding carboxylic acids is 1. The van der Waals surface area contributed by atoms with Gasteiger partial charge in [-0.25, -0.2) is 4.98 Å². The van der Waals surface area contributed by atoms with Crippen LogP contribution in [0.1, 0.15) is 28.9 Å². The average Bonchev–Trinajstić information content (AvgIpc) is 3.22. The molecule has 26 heavy (non-hydrogen) atoms. The maximum absolute atomic E-state index is 12.5. The first-order chi connectivity index (χ1) is 12.7. The van der Waals surface area contributed by atoms with Crippen LogP contribution in [0, 0.1) is 0 Å². The predicted octanol–water partition coefficient (Wildman–Crippen LogP) is 3.13. The summed E-state index contributed by atoms with van der Waals surface area (Å²) < 4.78 is 13.0. The Morgan fingerprint density at radius 2 is 1.88 bits per heavy atom. The minimum atomic E-state index is -0.145. The normalized spacial score (nSPS) is 13.9. The lowest BCUT2D eigenvalue weighted by atomic mass is 10.1. The van der Waals surface area contributed by atoms with Gasteiger partial charge in [0.05, 0.1) is 12.4 Å². The number of hydrogen-bond donors (Lipinski definition) is 1. The number of fused-ring (bicyclic) bond motifs is 1. The summed E-state index contributed by atoms with van der Waals surface area (Å²) in [4.78, 5) is 16.6. The van der Waals surface area contributed by atoms with Crippen molar-refractivity contribution in [1.29, 1.82) is 0 Å². The van der Waals surface area contributed by atoms with E-state index >= 15 is 0 Å². The van der Waals surface area contributed by atoms with Gasteiger partial charge in [-0.1, -0.05) is 12.1 Å². The van der Waals surface area contributed by atoms with Gasteiger partial charge < -0.3 is 19.4 Å². The van der Waals surface area contributed by atoms with Gasteiger partial charge in [-0.05, 0) is 42.8 Å². The predicted molar refractivity (Wildman–Crippen MR) is 96.9 cm³/mol. The van der Waals surface area contributed by atoms with E-state index in [4.69, 9.17) is 9.47 Å². The molecular formula is C20H19N3O3. The second kappa shape index (κ2) is 6.92. The van der Waals surface area contributed by atoms with E-state index in [2.05, 4.69) is 10.3 Å². The van der Waals surface area contributed by atoms with E-state index in [1.54, 1.807) is 30.7 Å². The van der Waals surface area contributed by atoms with Gasteiger partial charge in [0, 0.05) is 23.6 Å². The largest absolute Gasteiger partial charge is 0.486 e. The van der Waals surface area contributed by atoms with Crippen molar-refractivity contribution in [3.8, 4) is 17.2 Å². The van der Waals surface area contributed by atoms with E-state index in [-0.39, 0.29) is 11.9 Å². The number of rotatable bonds is 4. The van der Waals surface area contributed by atoms with Crippen molar-refractivity contribution < 1.29 is 14.3 Å². The Hall–Kier alpha value is -3.28. The standard InChI is InChI=1S/C20H19N3O3/c1-14(15-2-5-17(6-3-15)23-9-8-21-13-23)22-20(24)16-4-7-18-19(12-16)26-11-10-25-18/h2-9,12-14H,10-11H2,1H3,(H,22,24)/t14-/m0/s1. The maximum atomic E-state index is 12.5. The van der Waals surface area contributed by atoms with Crippen molar-refractivity contribution in [1.82, 2.24) is 14.9 Å². The Balaban J connectivity index is 1.45. The van der Waals surface area contributed by atoms with Crippen molar-refractivity contribution in [3.63, 3.8) is 0 Å². The van der Waals surface area contributed by atoms with Crippen molar-refractivity contribution in [3.05, 3.63) is 72.3 Å². The van der Waals surface area contributed by atoms with E-state index in [9.17, 15) is 4.79 Å². The number of nitrogens with zero attached hydrogens (tertiary/aromatic N) is 2. The van der Waals surface area contributed by atoms with Crippen LogP contribution in [-0.2, 0) is 0 Å². The minimum absolute atomic E-state index is 0.118. The highest BCUT2D eigenvalue weighted by Crippen LogP contribution is 2.30. The van der Waals surface area contributed by atoms with Gasteiger partial charge in [0.1, 0.15) is 13.2 Å². The molecule has 6 nitrogen and oxygen atoms in total. The smallest absolute Gasteiger partial charge is 0.251 e. The number of aromatic nitrogens is 2. The number of nitrogens with one attached hydrogen (secondary N) is 1. The molecule has 0 saturated heterocycles. The van der Waals surface area contributed by atoms with E-state index in [1.165, 1.54) is 0 Å². The third-order valence-electron chi connectivity index (χ3n) is 4.35. The molecule has 0 saturated carbocycles. The summed E-state index contributed by atoms with van der Waals surface area (Å²) in [5.74, 6) is 1.14. The first kappa shape index (κ1) is 16.2. The van der Waals surface area contributed by atoms with Crippen molar-refractivity contribution in [2.24, 2.45) is 0 Å². The van der Waals surface area contributed by atoms with E-state index in [1.807, 2.05) is 42.0 Å². The number of benzene rings is 2. The molecule has 1 aliphatic rings. The summed E-state index contributed by atoms with van der Waals surface area (Å²) >= 11 is 0. The fourth-order valence-electron chi connectivity index (χ4n) is 2.89. The zero-order valence-electron chi connectivity index (χ0n) is 14.4. The molecule has 1 aromatic heterocycles. The molecule has 1 aliphatic heterocycles. The van der Waals surface area contributed by atoms with E-state index < -0.39 is 0 Å². The molecule has 0 aliphatic carbocycles. The molecule has 3 aromatic rings. The van der Waals surface area contributed by atoms with Gasteiger partial charge in [-0.2, -0.15) is 0 Å². The Morgan fingerprint density at radius 3 is 2.62 bits per heavy atom. The summed E-state index contributed by atoms with van der Waals surface area (Å²) in [6.07, 6.45) is 5.38. The Kier molecular flexibility index (Phi) is 4.31. The third kappa shape index (κ3) is 3.26. The van der Waals surface area contributed by atoms with Gasteiger partial charge in [-0.15, -0.1) is 0 Å². The Bertz CT molecular complexity index is 905. The van der Waals surface area contributed by atoms with Crippen LogP contribution in [0.2, 0.25) is 0 Å². The molecule has 6 heteroatoms. The number of ether oxygens (including phenoxy) is 2. The molecular weight excluding hydrogens is 330 g/mol. The summed E-state index contributed by atoms with van der Waals surface area (Å²) in [5, 5.41) is 3.02. The summed E-state index contributed by atoms with van der Waals surface area (Å²) in [7, 11) is 0. The lowest BCUT2D eigenvalue weighted by Crippen LogP contribution is -2.27. The highest BCUT2D eigenvalue weighted by Gasteiger charge is 2.16. The molecule has 0 unspecified atom stereocenters. The summed E-state index contributed by atoms with van der Waals surface area (Å²) in [5.41, 5.74) is 2.60. The second-order valence-corrected chi connectivity index (χ2v) is 6.12. The van der Waals surface area contributed by atoms with Crippen LogP contribution in [-0.4, -0.2) is 28.7 Å². The summed E-state index contributed by atoms with van der Waals surface area (Å²) in [6.45, 7) is 2.99. The number of amides is 1. The highest BCUT2D eigenvalue weighted by molar-refractivity contribution is 5.95. The second-order valence-electron chi connectivity index (χ2n) is 6.12. The van der Waals surface area contributed by atoms with Crippen LogP contribution in [0.5, 0.6) is 11.5 Å². The van der Waals surface area contributed by atoms with Gasteiger partial charge in [0.2, 0.25) is 0 Å². The van der Waals surface area contributed by atoms with Gasteiger partial charge >= 0.3 is 0 Å². The molecule has 2 heterocycles.